The Labute approximate surface area is 163 Å². The first-order chi connectivity index (χ1) is 13.3. The molecule has 2 heterocycles. The molecule has 1 aromatic carbocycles. The number of carbonyl (C=O) groups is 1. The van der Waals surface area contributed by atoms with Gasteiger partial charge in [-0.3, -0.25) is 4.79 Å². The molecule has 154 valence electrons. The van der Waals surface area contributed by atoms with Gasteiger partial charge in [0.2, 0.25) is 5.91 Å². The zero-order chi connectivity index (χ0) is 19.9. The summed E-state index contributed by atoms with van der Waals surface area (Å²) in [6.45, 7) is 1.57. The van der Waals surface area contributed by atoms with Crippen LogP contribution in [-0.2, 0) is 11.0 Å². The molecule has 0 aromatic heterocycles. The Hall–Kier alpha value is -1.76. The van der Waals surface area contributed by atoms with Crippen LogP contribution in [0.2, 0.25) is 0 Å². The molecule has 1 aliphatic carbocycles. The highest BCUT2D eigenvalue weighted by atomic mass is 19.4. The molecule has 1 saturated carbocycles. The van der Waals surface area contributed by atoms with Crippen molar-refractivity contribution in [2.45, 2.75) is 63.3 Å². The standard InChI is InChI=1S/C21H27F3N2O2/c22-21(23,24)17-4-1-2-5-18(17)25-12-3-10-20(14-25)11-13-26(19(20)28)15-6-8-16(27)9-7-15/h1-2,4-5,15-16,27H,3,6-14H2/t15?,16?,20-/m1/s1. The van der Waals surface area contributed by atoms with Gasteiger partial charge in [-0.15, -0.1) is 0 Å². The molecule has 1 N–H and O–H groups in total. The van der Waals surface area contributed by atoms with E-state index in [1.807, 2.05) is 4.90 Å². The molecule has 28 heavy (non-hydrogen) atoms. The van der Waals surface area contributed by atoms with Crippen molar-refractivity contribution >= 4 is 11.6 Å². The molecular weight excluding hydrogens is 369 g/mol. The summed E-state index contributed by atoms with van der Waals surface area (Å²) in [6.07, 6.45) is 0.529. The number of anilines is 1. The topological polar surface area (TPSA) is 43.8 Å². The Morgan fingerprint density at radius 3 is 2.46 bits per heavy atom. The van der Waals surface area contributed by atoms with Crippen molar-refractivity contribution in [3.05, 3.63) is 29.8 Å². The summed E-state index contributed by atoms with van der Waals surface area (Å²) in [7, 11) is 0. The number of aliphatic hydroxyl groups is 1. The number of benzene rings is 1. The van der Waals surface area contributed by atoms with Gasteiger partial charge >= 0.3 is 6.18 Å². The van der Waals surface area contributed by atoms with Crippen LogP contribution >= 0.6 is 0 Å². The van der Waals surface area contributed by atoms with Crippen molar-refractivity contribution < 1.29 is 23.1 Å². The number of nitrogens with zero attached hydrogens (tertiary/aromatic N) is 2. The SMILES string of the molecule is O=C1N(C2CCC(O)CC2)CC[C@@]12CCCN(c1ccccc1C(F)(F)F)C2. The zero-order valence-corrected chi connectivity index (χ0v) is 15.9. The first-order valence-electron chi connectivity index (χ1n) is 10.2. The molecule has 0 bridgehead atoms. The molecule has 4 nitrogen and oxygen atoms in total. The van der Waals surface area contributed by atoms with E-state index in [4.69, 9.17) is 0 Å². The van der Waals surface area contributed by atoms with Crippen LogP contribution in [0.4, 0.5) is 18.9 Å². The molecule has 0 radical (unpaired) electrons. The van der Waals surface area contributed by atoms with E-state index in [-0.39, 0.29) is 23.7 Å². The van der Waals surface area contributed by atoms with Crippen LogP contribution < -0.4 is 4.90 Å². The summed E-state index contributed by atoms with van der Waals surface area (Å²) >= 11 is 0. The number of hydrogen-bond acceptors (Lipinski definition) is 3. The van der Waals surface area contributed by atoms with Crippen molar-refractivity contribution in [3.63, 3.8) is 0 Å². The normalized spacial score (nSPS) is 31.6. The Morgan fingerprint density at radius 1 is 1.04 bits per heavy atom. The lowest BCUT2D eigenvalue weighted by atomic mass is 9.78. The fourth-order valence-electron chi connectivity index (χ4n) is 5.27. The highest BCUT2D eigenvalue weighted by Gasteiger charge is 2.51. The molecule has 2 saturated heterocycles. The molecule has 3 aliphatic rings. The van der Waals surface area contributed by atoms with Gasteiger partial charge in [-0.1, -0.05) is 12.1 Å². The minimum Gasteiger partial charge on any atom is -0.393 e. The molecule has 1 atom stereocenters. The fraction of sp³-hybridized carbons (Fsp3) is 0.667. The lowest BCUT2D eigenvalue weighted by Gasteiger charge is -2.42. The lowest BCUT2D eigenvalue weighted by molar-refractivity contribution is -0.139. The van der Waals surface area contributed by atoms with Gasteiger partial charge in [0.15, 0.2) is 0 Å². The second kappa shape index (κ2) is 7.25. The number of likely N-dealkylation sites (tertiary alicyclic amines) is 1. The minimum atomic E-state index is -4.41. The van der Waals surface area contributed by atoms with E-state index in [0.717, 1.165) is 31.7 Å². The van der Waals surface area contributed by atoms with E-state index in [9.17, 15) is 23.1 Å². The molecule has 1 amide bonds. The van der Waals surface area contributed by atoms with E-state index in [1.54, 1.807) is 11.0 Å². The Balaban J connectivity index is 1.54. The maximum atomic E-state index is 13.5. The van der Waals surface area contributed by atoms with Crippen LogP contribution in [-0.4, -0.2) is 47.7 Å². The number of para-hydroxylation sites is 1. The number of alkyl halides is 3. The van der Waals surface area contributed by atoms with Gasteiger partial charge in [-0.25, -0.2) is 0 Å². The summed E-state index contributed by atoms with van der Waals surface area (Å²) in [5, 5.41) is 9.73. The monoisotopic (exact) mass is 396 g/mol. The third-order valence-electron chi connectivity index (χ3n) is 6.78. The molecule has 0 unspecified atom stereocenters. The van der Waals surface area contributed by atoms with Crippen LogP contribution in [0.5, 0.6) is 0 Å². The maximum absolute atomic E-state index is 13.5. The quantitative estimate of drug-likeness (QED) is 0.826. The van der Waals surface area contributed by atoms with Gasteiger partial charge in [-0.2, -0.15) is 13.2 Å². The number of rotatable bonds is 2. The highest BCUT2D eigenvalue weighted by molar-refractivity contribution is 5.86. The van der Waals surface area contributed by atoms with Gasteiger partial charge < -0.3 is 14.9 Å². The first kappa shape index (κ1) is 19.6. The van der Waals surface area contributed by atoms with E-state index in [1.165, 1.54) is 12.1 Å². The molecule has 7 heteroatoms. The van der Waals surface area contributed by atoms with Gasteiger partial charge in [0.1, 0.15) is 0 Å². The Kier molecular flexibility index (Phi) is 5.06. The number of carbonyl (C=O) groups excluding carboxylic acids is 1. The van der Waals surface area contributed by atoms with Crippen LogP contribution in [0.15, 0.2) is 24.3 Å². The average Bonchev–Trinajstić information content (AvgIpc) is 2.98. The number of aliphatic hydroxyl groups excluding tert-OH is 1. The summed E-state index contributed by atoms with van der Waals surface area (Å²) < 4.78 is 40.4. The minimum absolute atomic E-state index is 0.100. The summed E-state index contributed by atoms with van der Waals surface area (Å²) in [5.41, 5.74) is -1.02. The van der Waals surface area contributed by atoms with Gasteiger partial charge in [-0.05, 0) is 57.1 Å². The van der Waals surface area contributed by atoms with Crippen molar-refractivity contribution in [3.8, 4) is 0 Å². The number of hydrogen-bond donors (Lipinski definition) is 1. The lowest BCUT2D eigenvalue weighted by Crippen LogP contribution is -2.50. The summed E-state index contributed by atoms with van der Waals surface area (Å²) in [6, 6.07) is 5.83. The van der Waals surface area contributed by atoms with Crippen molar-refractivity contribution in [2.75, 3.05) is 24.5 Å². The van der Waals surface area contributed by atoms with E-state index >= 15 is 0 Å². The highest BCUT2D eigenvalue weighted by Crippen LogP contribution is 2.45. The van der Waals surface area contributed by atoms with Gasteiger partial charge in [0, 0.05) is 31.4 Å². The van der Waals surface area contributed by atoms with Crippen LogP contribution in [0.25, 0.3) is 0 Å². The largest absolute Gasteiger partial charge is 0.418 e. The Morgan fingerprint density at radius 2 is 1.75 bits per heavy atom. The molecule has 4 rings (SSSR count). The second-order valence-electron chi connectivity index (χ2n) is 8.53. The smallest absolute Gasteiger partial charge is 0.393 e. The van der Waals surface area contributed by atoms with Crippen molar-refractivity contribution in [2.24, 2.45) is 5.41 Å². The molecule has 1 spiro atoms. The molecule has 1 aromatic rings. The van der Waals surface area contributed by atoms with Crippen molar-refractivity contribution in [1.29, 1.82) is 0 Å². The van der Waals surface area contributed by atoms with Crippen LogP contribution in [0.3, 0.4) is 0 Å². The first-order valence-corrected chi connectivity index (χ1v) is 10.2. The summed E-state index contributed by atoms with van der Waals surface area (Å²) in [5.74, 6) is 0.100. The average molecular weight is 396 g/mol. The van der Waals surface area contributed by atoms with Crippen LogP contribution in [0, 0.1) is 5.41 Å². The number of halogens is 3. The Bertz CT molecular complexity index is 731. The summed E-state index contributed by atoms with van der Waals surface area (Å²) in [4.78, 5) is 17.0. The number of piperidine rings is 1. The predicted molar refractivity (Wildman–Crippen MR) is 99.9 cm³/mol. The fourth-order valence-corrected chi connectivity index (χ4v) is 5.27. The van der Waals surface area contributed by atoms with Gasteiger partial charge in [0.25, 0.3) is 0 Å². The molecule has 3 fully saturated rings. The van der Waals surface area contributed by atoms with E-state index in [2.05, 4.69) is 0 Å². The zero-order valence-electron chi connectivity index (χ0n) is 15.9. The maximum Gasteiger partial charge on any atom is 0.418 e. The van der Waals surface area contributed by atoms with Crippen molar-refractivity contribution in [1.82, 2.24) is 4.90 Å². The van der Waals surface area contributed by atoms with E-state index < -0.39 is 17.2 Å². The van der Waals surface area contributed by atoms with Crippen LogP contribution in [0.1, 0.15) is 50.5 Å². The molecular formula is C21H27F3N2O2. The molecule has 2 aliphatic heterocycles. The second-order valence-corrected chi connectivity index (χ2v) is 8.53. The third kappa shape index (κ3) is 3.49. The third-order valence-corrected chi connectivity index (χ3v) is 6.78. The predicted octanol–water partition coefficient (Wildman–Crippen LogP) is 3.83. The number of amides is 1. The van der Waals surface area contributed by atoms with E-state index in [0.29, 0.717) is 38.9 Å². The van der Waals surface area contributed by atoms with Gasteiger partial charge in [0.05, 0.1) is 17.1 Å².